The smallest absolute Gasteiger partial charge is 0.0812 e. The molecule has 0 aliphatic heterocycles. The Morgan fingerprint density at radius 2 is 2.08 bits per heavy atom. The summed E-state index contributed by atoms with van der Waals surface area (Å²) in [5.74, 6) is 0. The predicted octanol–water partition coefficient (Wildman–Crippen LogP) is 3.61. The van der Waals surface area contributed by atoms with Gasteiger partial charge in [-0.1, -0.05) is 13.8 Å². The molecule has 2 aromatic rings. The van der Waals surface area contributed by atoms with Crippen LogP contribution in [0.25, 0.3) is 10.2 Å². The maximum absolute atomic E-state index is 4.21. The zero-order chi connectivity index (χ0) is 8.97. The Labute approximate surface area is 81.9 Å². The summed E-state index contributed by atoms with van der Waals surface area (Å²) >= 11 is 5.86. The molecule has 0 unspecified atom stereocenters. The van der Waals surface area contributed by atoms with E-state index in [1.165, 1.54) is 4.70 Å². The van der Waals surface area contributed by atoms with Gasteiger partial charge in [-0.25, -0.2) is 4.98 Å². The molecule has 0 fully saturated rings. The highest BCUT2D eigenvalue weighted by Gasteiger charge is 1.93. The van der Waals surface area contributed by atoms with E-state index in [9.17, 15) is 0 Å². The van der Waals surface area contributed by atoms with Gasteiger partial charge in [-0.2, -0.15) is 0 Å². The molecule has 0 aliphatic carbocycles. The van der Waals surface area contributed by atoms with E-state index in [0.717, 1.165) is 10.4 Å². The van der Waals surface area contributed by atoms with Crippen molar-refractivity contribution in [3.05, 3.63) is 23.7 Å². The largest absolute Gasteiger partial charge is 0.245 e. The van der Waals surface area contributed by atoms with Crippen molar-refractivity contribution in [1.82, 2.24) is 4.98 Å². The molecular weight excluding hydrogens is 186 g/mol. The SMILES string of the molecule is CC.Sc1ccc2ncsc2c1. The zero-order valence-corrected chi connectivity index (χ0v) is 8.82. The van der Waals surface area contributed by atoms with Crippen LogP contribution in [-0.4, -0.2) is 4.98 Å². The van der Waals surface area contributed by atoms with Crippen molar-refractivity contribution in [1.29, 1.82) is 0 Å². The molecule has 0 aliphatic rings. The fourth-order valence-corrected chi connectivity index (χ4v) is 1.85. The van der Waals surface area contributed by atoms with Crippen molar-refractivity contribution in [2.75, 3.05) is 0 Å². The number of nitrogens with zero attached hydrogens (tertiary/aromatic N) is 1. The van der Waals surface area contributed by atoms with Crippen LogP contribution in [0.3, 0.4) is 0 Å². The molecule has 0 saturated carbocycles. The van der Waals surface area contributed by atoms with Crippen LogP contribution >= 0.6 is 24.0 Å². The van der Waals surface area contributed by atoms with Gasteiger partial charge in [-0.05, 0) is 18.2 Å². The molecule has 0 spiro atoms. The predicted molar refractivity (Wildman–Crippen MR) is 58.2 cm³/mol. The summed E-state index contributed by atoms with van der Waals surface area (Å²) in [6, 6.07) is 5.95. The first-order chi connectivity index (χ1) is 5.86. The molecule has 0 bridgehead atoms. The molecule has 1 nitrogen and oxygen atoms in total. The summed E-state index contributed by atoms with van der Waals surface area (Å²) in [5, 5.41) is 0. The third-order valence-corrected chi connectivity index (χ3v) is 2.38. The summed E-state index contributed by atoms with van der Waals surface area (Å²) < 4.78 is 1.20. The normalized spacial score (nSPS) is 9.25. The minimum atomic E-state index is 0.997. The van der Waals surface area contributed by atoms with Crippen molar-refractivity contribution >= 4 is 34.2 Å². The second kappa shape index (κ2) is 4.48. The first-order valence-corrected chi connectivity index (χ1v) is 5.21. The first kappa shape index (κ1) is 9.55. The average Bonchev–Trinajstić information content (AvgIpc) is 2.54. The van der Waals surface area contributed by atoms with E-state index in [0.29, 0.717) is 0 Å². The topological polar surface area (TPSA) is 12.9 Å². The molecule has 1 aromatic carbocycles. The van der Waals surface area contributed by atoms with Gasteiger partial charge in [0, 0.05) is 4.90 Å². The van der Waals surface area contributed by atoms with Crippen LogP contribution < -0.4 is 0 Å². The van der Waals surface area contributed by atoms with E-state index in [1.807, 2.05) is 37.6 Å². The van der Waals surface area contributed by atoms with Crippen molar-refractivity contribution in [2.45, 2.75) is 18.7 Å². The van der Waals surface area contributed by atoms with E-state index >= 15 is 0 Å². The zero-order valence-electron chi connectivity index (χ0n) is 7.11. The number of aromatic nitrogens is 1. The van der Waals surface area contributed by atoms with E-state index in [4.69, 9.17) is 0 Å². The Morgan fingerprint density at radius 3 is 2.83 bits per heavy atom. The van der Waals surface area contributed by atoms with Crippen LogP contribution in [0.15, 0.2) is 28.6 Å². The third-order valence-electron chi connectivity index (χ3n) is 1.31. The lowest BCUT2D eigenvalue weighted by molar-refractivity contribution is 1.46. The van der Waals surface area contributed by atoms with Gasteiger partial charge in [-0.15, -0.1) is 24.0 Å². The second-order valence-electron chi connectivity index (χ2n) is 2.00. The molecule has 0 amide bonds. The Bertz CT molecular complexity index is 354. The molecule has 1 aromatic heterocycles. The molecule has 0 atom stereocenters. The molecule has 0 N–H and O–H groups in total. The van der Waals surface area contributed by atoms with Crippen molar-refractivity contribution in [2.24, 2.45) is 0 Å². The Hall–Kier alpha value is -0.540. The highest BCUT2D eigenvalue weighted by molar-refractivity contribution is 7.80. The highest BCUT2D eigenvalue weighted by atomic mass is 32.1. The molecule has 0 saturated heterocycles. The molecule has 12 heavy (non-hydrogen) atoms. The lowest BCUT2D eigenvalue weighted by atomic mass is 10.3. The molecular formula is C9H11NS2. The third kappa shape index (κ3) is 1.99. The van der Waals surface area contributed by atoms with Crippen LogP contribution in [-0.2, 0) is 0 Å². The summed E-state index contributed by atoms with van der Waals surface area (Å²) in [4.78, 5) is 5.14. The van der Waals surface area contributed by atoms with E-state index < -0.39 is 0 Å². The molecule has 1 heterocycles. The molecule has 3 heteroatoms. The molecule has 2 rings (SSSR count). The Morgan fingerprint density at radius 1 is 1.33 bits per heavy atom. The van der Waals surface area contributed by atoms with Crippen LogP contribution in [0.1, 0.15) is 13.8 Å². The fourth-order valence-electron chi connectivity index (χ4n) is 0.844. The fraction of sp³-hybridized carbons (Fsp3) is 0.222. The van der Waals surface area contributed by atoms with Gasteiger partial charge in [0.25, 0.3) is 0 Å². The van der Waals surface area contributed by atoms with Gasteiger partial charge < -0.3 is 0 Å². The summed E-state index contributed by atoms with van der Waals surface area (Å²) in [6.07, 6.45) is 0. The average molecular weight is 197 g/mol. The standard InChI is InChI=1S/C7H5NS2.C2H6/c9-5-1-2-6-7(3-5)10-4-8-6;1-2/h1-4,9H;1-2H3. The maximum atomic E-state index is 4.21. The first-order valence-electron chi connectivity index (χ1n) is 3.88. The van der Waals surface area contributed by atoms with Gasteiger partial charge in [-0.3, -0.25) is 0 Å². The number of benzene rings is 1. The lowest BCUT2D eigenvalue weighted by Crippen LogP contribution is -1.65. The quantitative estimate of drug-likeness (QED) is 0.637. The van der Waals surface area contributed by atoms with Crippen LogP contribution in [0.2, 0.25) is 0 Å². The number of fused-ring (bicyclic) bond motifs is 1. The van der Waals surface area contributed by atoms with Crippen molar-refractivity contribution < 1.29 is 0 Å². The Kier molecular flexibility index (Phi) is 3.56. The molecule has 0 radical (unpaired) electrons. The Balaban J connectivity index is 0.000000336. The van der Waals surface area contributed by atoms with Crippen LogP contribution in [0.4, 0.5) is 0 Å². The molecule has 64 valence electrons. The van der Waals surface area contributed by atoms with Gasteiger partial charge >= 0.3 is 0 Å². The highest BCUT2D eigenvalue weighted by Crippen LogP contribution is 2.20. The van der Waals surface area contributed by atoms with E-state index in [2.05, 4.69) is 17.6 Å². The summed E-state index contributed by atoms with van der Waals surface area (Å²) in [5.41, 5.74) is 2.90. The van der Waals surface area contributed by atoms with Gasteiger partial charge in [0.05, 0.1) is 15.7 Å². The number of rotatable bonds is 0. The number of hydrogen-bond acceptors (Lipinski definition) is 3. The van der Waals surface area contributed by atoms with Crippen molar-refractivity contribution in [3.63, 3.8) is 0 Å². The van der Waals surface area contributed by atoms with E-state index in [1.54, 1.807) is 11.3 Å². The summed E-state index contributed by atoms with van der Waals surface area (Å²) in [6.45, 7) is 4.00. The van der Waals surface area contributed by atoms with Crippen LogP contribution in [0.5, 0.6) is 0 Å². The second-order valence-corrected chi connectivity index (χ2v) is 3.41. The number of thiazole rings is 1. The number of hydrogen-bond donors (Lipinski definition) is 1. The monoisotopic (exact) mass is 197 g/mol. The summed E-state index contributed by atoms with van der Waals surface area (Å²) in [7, 11) is 0. The number of thiol groups is 1. The van der Waals surface area contributed by atoms with E-state index in [-0.39, 0.29) is 0 Å². The minimum Gasteiger partial charge on any atom is -0.245 e. The van der Waals surface area contributed by atoms with Gasteiger partial charge in [0.15, 0.2) is 0 Å². The van der Waals surface area contributed by atoms with Gasteiger partial charge in [0.2, 0.25) is 0 Å². The maximum Gasteiger partial charge on any atom is 0.0812 e. The minimum absolute atomic E-state index is 0.997. The van der Waals surface area contributed by atoms with Gasteiger partial charge in [0.1, 0.15) is 0 Å². The van der Waals surface area contributed by atoms with Crippen LogP contribution in [0, 0.1) is 0 Å². The van der Waals surface area contributed by atoms with Crippen molar-refractivity contribution in [3.8, 4) is 0 Å². The lowest BCUT2D eigenvalue weighted by Gasteiger charge is -1.87.